The van der Waals surface area contributed by atoms with Crippen LogP contribution < -0.4 is 20.1 Å². The maximum atomic E-state index is 11.8. The van der Waals surface area contributed by atoms with E-state index in [1.807, 2.05) is 36.0 Å². The Morgan fingerprint density at radius 2 is 1.94 bits per heavy atom. The van der Waals surface area contributed by atoms with Crippen molar-refractivity contribution in [3.05, 3.63) is 54.5 Å². The van der Waals surface area contributed by atoms with E-state index in [9.17, 15) is 4.79 Å². The lowest BCUT2D eigenvalue weighted by Crippen LogP contribution is -2.28. The number of carbonyl (C=O) groups is 1. The molecular weight excluding hydrogens is 450 g/mol. The van der Waals surface area contributed by atoms with Crippen LogP contribution >= 0.6 is 0 Å². The van der Waals surface area contributed by atoms with Gasteiger partial charge in [0, 0.05) is 25.4 Å². The summed E-state index contributed by atoms with van der Waals surface area (Å²) in [7, 11) is 3.24. The van der Waals surface area contributed by atoms with Crippen LogP contribution in [0.2, 0.25) is 0 Å². The van der Waals surface area contributed by atoms with Gasteiger partial charge in [0.2, 0.25) is 0 Å². The zero-order valence-corrected chi connectivity index (χ0v) is 19.8. The summed E-state index contributed by atoms with van der Waals surface area (Å²) in [5, 5.41) is 9.81. The predicted octanol–water partition coefficient (Wildman–Crippen LogP) is 3.11. The van der Waals surface area contributed by atoms with Gasteiger partial charge in [-0.25, -0.2) is 14.8 Å². The van der Waals surface area contributed by atoms with Crippen LogP contribution in [0.4, 0.5) is 10.6 Å². The summed E-state index contributed by atoms with van der Waals surface area (Å²) in [5.74, 6) is 1.71. The van der Waals surface area contributed by atoms with Crippen molar-refractivity contribution in [3.63, 3.8) is 0 Å². The monoisotopic (exact) mass is 477 g/mol. The molecule has 2 amide bonds. The minimum absolute atomic E-state index is 0.324. The van der Waals surface area contributed by atoms with Crippen molar-refractivity contribution >= 4 is 23.0 Å². The average molecular weight is 478 g/mol. The molecule has 0 atom stereocenters. The highest BCUT2D eigenvalue weighted by atomic mass is 16.5. The van der Waals surface area contributed by atoms with Gasteiger partial charge in [-0.15, -0.1) is 0 Å². The van der Waals surface area contributed by atoms with E-state index in [0.717, 1.165) is 11.1 Å². The maximum absolute atomic E-state index is 11.8. The number of hydrogen-bond acceptors (Lipinski definition) is 8. The number of rotatable bonds is 10. The fraction of sp³-hybridized carbons (Fsp3) is 0.292. The molecule has 0 bridgehead atoms. The number of benzene rings is 1. The third-order valence-corrected chi connectivity index (χ3v) is 5.03. The number of pyridine rings is 1. The Bertz CT molecular complexity index is 1310. The number of nitrogens with zero attached hydrogens (tertiary/aromatic N) is 5. The first-order valence-corrected chi connectivity index (χ1v) is 11.1. The number of ether oxygens (including phenoxy) is 3. The van der Waals surface area contributed by atoms with E-state index in [1.165, 1.54) is 0 Å². The second-order valence-electron chi connectivity index (χ2n) is 7.53. The number of fused-ring (bicyclic) bond motifs is 1. The van der Waals surface area contributed by atoms with Gasteiger partial charge in [-0.1, -0.05) is 6.07 Å². The average Bonchev–Trinajstić information content (AvgIpc) is 3.32. The van der Waals surface area contributed by atoms with Crippen LogP contribution in [0.3, 0.4) is 0 Å². The summed E-state index contributed by atoms with van der Waals surface area (Å²) in [5.41, 5.74) is 3.48. The van der Waals surface area contributed by atoms with Crippen molar-refractivity contribution in [3.8, 4) is 22.8 Å². The lowest BCUT2D eigenvalue weighted by molar-refractivity contribution is 0.144. The number of hydrogen-bond donors (Lipinski definition) is 2. The van der Waals surface area contributed by atoms with Crippen molar-refractivity contribution in [2.45, 2.75) is 13.5 Å². The minimum Gasteiger partial charge on any atom is -0.493 e. The largest absolute Gasteiger partial charge is 0.493 e. The summed E-state index contributed by atoms with van der Waals surface area (Å²) in [6.45, 7) is 3.81. The summed E-state index contributed by atoms with van der Waals surface area (Å²) < 4.78 is 18.0. The molecule has 4 rings (SSSR count). The third-order valence-electron chi connectivity index (χ3n) is 5.03. The van der Waals surface area contributed by atoms with E-state index in [1.54, 1.807) is 38.7 Å². The van der Waals surface area contributed by atoms with Crippen LogP contribution in [0.5, 0.6) is 11.5 Å². The fourth-order valence-electron chi connectivity index (χ4n) is 3.36. The van der Waals surface area contributed by atoms with Gasteiger partial charge in [-0.05, 0) is 36.8 Å². The van der Waals surface area contributed by atoms with Crippen LogP contribution in [0, 0.1) is 0 Å². The van der Waals surface area contributed by atoms with Gasteiger partial charge in [0.25, 0.3) is 0 Å². The number of aromatic nitrogens is 5. The van der Waals surface area contributed by atoms with Gasteiger partial charge < -0.3 is 19.5 Å². The molecule has 0 aliphatic carbocycles. The molecule has 11 nitrogen and oxygen atoms in total. The molecule has 0 unspecified atom stereocenters. The number of carbonyl (C=O) groups excluding carboxylic acids is 1. The molecule has 4 aromatic rings. The van der Waals surface area contributed by atoms with Gasteiger partial charge in [0.15, 0.2) is 17.1 Å². The number of anilines is 1. The number of nitrogens with one attached hydrogen (secondary N) is 2. The molecule has 3 aromatic heterocycles. The zero-order chi connectivity index (χ0) is 24.6. The predicted molar refractivity (Wildman–Crippen MR) is 131 cm³/mol. The molecule has 0 saturated heterocycles. The smallest absolute Gasteiger partial charge is 0.320 e. The van der Waals surface area contributed by atoms with Gasteiger partial charge in [0.05, 0.1) is 38.3 Å². The molecule has 0 saturated carbocycles. The van der Waals surface area contributed by atoms with E-state index in [2.05, 4.69) is 30.7 Å². The molecule has 0 fully saturated rings. The lowest BCUT2D eigenvalue weighted by atomic mass is 10.2. The Labute approximate surface area is 202 Å². The highest BCUT2D eigenvalue weighted by molar-refractivity contribution is 5.89. The molecule has 11 heteroatoms. The third kappa shape index (κ3) is 6.01. The van der Waals surface area contributed by atoms with E-state index >= 15 is 0 Å². The van der Waals surface area contributed by atoms with Crippen LogP contribution in [-0.2, 0) is 11.3 Å². The van der Waals surface area contributed by atoms with Crippen LogP contribution in [-0.4, -0.2) is 64.7 Å². The number of urea groups is 1. The summed E-state index contributed by atoms with van der Waals surface area (Å²) in [4.78, 5) is 25.2. The van der Waals surface area contributed by atoms with Gasteiger partial charge in [0.1, 0.15) is 17.9 Å². The molecule has 0 aliphatic heterocycles. The van der Waals surface area contributed by atoms with Crippen molar-refractivity contribution in [1.29, 1.82) is 0 Å². The molecule has 182 valence electrons. The zero-order valence-electron chi connectivity index (χ0n) is 19.8. The normalized spacial score (nSPS) is 10.8. The van der Waals surface area contributed by atoms with Crippen LogP contribution in [0.25, 0.3) is 22.4 Å². The molecule has 0 radical (unpaired) electrons. The molecule has 35 heavy (non-hydrogen) atoms. The molecule has 2 N–H and O–H groups in total. The van der Waals surface area contributed by atoms with Crippen LogP contribution in [0.1, 0.15) is 12.5 Å². The molecule has 1 aromatic carbocycles. The Balaban J connectivity index is 1.51. The lowest BCUT2D eigenvalue weighted by Gasteiger charge is -2.12. The first kappa shape index (κ1) is 23.9. The van der Waals surface area contributed by atoms with Crippen LogP contribution in [0.15, 0.2) is 48.9 Å². The summed E-state index contributed by atoms with van der Waals surface area (Å²) in [6, 6.07) is 8.89. The van der Waals surface area contributed by atoms with Crippen molar-refractivity contribution in [1.82, 2.24) is 30.0 Å². The Kier molecular flexibility index (Phi) is 7.68. The van der Waals surface area contributed by atoms with E-state index in [-0.39, 0.29) is 6.03 Å². The number of methoxy groups -OCH3 is 2. The van der Waals surface area contributed by atoms with Crippen molar-refractivity contribution < 1.29 is 19.0 Å². The van der Waals surface area contributed by atoms with Crippen molar-refractivity contribution in [2.24, 2.45) is 0 Å². The van der Waals surface area contributed by atoms with Gasteiger partial charge >= 0.3 is 6.03 Å². The number of amides is 2. The first-order valence-electron chi connectivity index (χ1n) is 11.1. The second kappa shape index (κ2) is 11.3. The van der Waals surface area contributed by atoms with E-state index in [0.29, 0.717) is 60.5 Å². The van der Waals surface area contributed by atoms with Gasteiger partial charge in [-0.2, -0.15) is 5.10 Å². The molecule has 0 spiro atoms. The summed E-state index contributed by atoms with van der Waals surface area (Å²) in [6.07, 6.45) is 5.30. The Hall–Kier alpha value is -4.25. The maximum Gasteiger partial charge on any atom is 0.320 e. The molecule has 3 heterocycles. The standard InChI is InChI=1S/C24H27N7O4/c1-4-25-24(32)30-22-8-6-18-23(29-22)28-19(13-26-18)17-12-27-31(15-17)14-16-5-7-20(34-3)21(11-16)35-10-9-33-2/h5-8,11-13,15H,4,9-10,14H2,1-3H3,(H2,25,28,29,30,32). The Morgan fingerprint density at radius 3 is 2.74 bits per heavy atom. The first-order chi connectivity index (χ1) is 17.1. The molecule has 0 aliphatic rings. The highest BCUT2D eigenvalue weighted by Crippen LogP contribution is 2.28. The topological polar surface area (TPSA) is 125 Å². The van der Waals surface area contributed by atoms with E-state index in [4.69, 9.17) is 14.2 Å². The van der Waals surface area contributed by atoms with E-state index < -0.39 is 0 Å². The minimum atomic E-state index is -0.324. The summed E-state index contributed by atoms with van der Waals surface area (Å²) >= 11 is 0. The van der Waals surface area contributed by atoms with Crippen molar-refractivity contribution in [2.75, 3.05) is 39.3 Å². The molecular formula is C24H27N7O4. The fourth-order valence-corrected chi connectivity index (χ4v) is 3.36. The Morgan fingerprint density at radius 1 is 1.06 bits per heavy atom. The highest BCUT2D eigenvalue weighted by Gasteiger charge is 2.11. The van der Waals surface area contributed by atoms with Gasteiger partial charge in [-0.3, -0.25) is 15.0 Å². The second-order valence-corrected chi connectivity index (χ2v) is 7.53. The quantitative estimate of drug-likeness (QED) is 0.334. The SMILES string of the molecule is CCNC(=O)Nc1ccc2ncc(-c3cnn(Cc4ccc(OC)c(OCCOC)c4)c3)nc2n1.